The number of nitrogens with two attached hydrogens (primary N) is 3. The molecule has 0 aromatic heterocycles. The van der Waals surface area contributed by atoms with Crippen LogP contribution >= 0.6 is 0 Å². The number of hydrogen-bond acceptors (Lipinski definition) is 3. The third-order valence-electron chi connectivity index (χ3n) is 1.99. The Morgan fingerprint density at radius 1 is 0.909 bits per heavy atom. The van der Waals surface area contributed by atoms with Gasteiger partial charge in [-0.1, -0.05) is 0 Å². The first-order valence-electron chi connectivity index (χ1n) is 3.44. The summed E-state index contributed by atoms with van der Waals surface area (Å²) in [4.78, 5) is 0. The third-order valence-corrected chi connectivity index (χ3v) is 1.99. The molecule has 0 amide bonds. The van der Waals surface area contributed by atoms with Crippen LogP contribution in [0.15, 0.2) is 6.07 Å². The van der Waals surface area contributed by atoms with E-state index in [0.717, 1.165) is 10.9 Å². The van der Waals surface area contributed by atoms with Gasteiger partial charge in [0.2, 0.25) is 0 Å². The lowest BCUT2D eigenvalue weighted by Crippen LogP contribution is -2.26. The summed E-state index contributed by atoms with van der Waals surface area (Å²) in [5.41, 5.74) is 20.8. The molecule has 1 aromatic carbocycles. The molecule has 0 aliphatic heterocycles. The second-order valence-corrected chi connectivity index (χ2v) is 2.72. The fourth-order valence-electron chi connectivity index (χ4n) is 0.976. The first-order valence-corrected chi connectivity index (χ1v) is 3.44. The fourth-order valence-corrected chi connectivity index (χ4v) is 0.976. The van der Waals surface area contributed by atoms with Gasteiger partial charge in [-0.25, -0.2) is 0 Å². The molecule has 0 saturated carbocycles. The van der Waals surface area contributed by atoms with Gasteiger partial charge in [0.1, 0.15) is 15.7 Å². The summed E-state index contributed by atoms with van der Waals surface area (Å²) in [5.74, 6) is 0. The van der Waals surface area contributed by atoms with Gasteiger partial charge in [0.15, 0.2) is 0 Å². The Bertz CT molecular complexity index is 272. The van der Waals surface area contributed by atoms with Gasteiger partial charge in [-0.15, -0.1) is 0 Å². The minimum absolute atomic E-state index is 0.658. The van der Waals surface area contributed by atoms with E-state index < -0.39 is 0 Å². The van der Waals surface area contributed by atoms with E-state index in [9.17, 15) is 0 Å². The number of anilines is 3. The zero-order valence-electron chi connectivity index (χ0n) is 6.81. The second-order valence-electron chi connectivity index (χ2n) is 2.72. The zero-order valence-corrected chi connectivity index (χ0v) is 6.81. The first kappa shape index (κ1) is 7.85. The van der Waals surface area contributed by atoms with Gasteiger partial charge in [-0.2, -0.15) is 0 Å². The van der Waals surface area contributed by atoms with Crippen molar-refractivity contribution in [2.45, 2.75) is 0 Å². The highest BCUT2D eigenvalue weighted by Gasteiger charge is 2.04. The standard InChI is InChI=1S/C6H11B2N3/c7-4-2(9)1-3(10)5(8)6(4)11/h1H,7-11H2. The monoisotopic (exact) mass is 147 g/mol. The molecule has 0 radical (unpaired) electrons. The van der Waals surface area contributed by atoms with E-state index in [4.69, 9.17) is 17.2 Å². The first-order chi connectivity index (χ1) is 5.04. The van der Waals surface area contributed by atoms with E-state index in [1.54, 1.807) is 6.07 Å². The minimum Gasteiger partial charge on any atom is -0.400 e. The van der Waals surface area contributed by atoms with Crippen LogP contribution in [-0.4, -0.2) is 15.7 Å². The molecule has 3 nitrogen and oxygen atoms in total. The maximum atomic E-state index is 5.72. The van der Waals surface area contributed by atoms with Crippen LogP contribution in [0, 0.1) is 0 Å². The van der Waals surface area contributed by atoms with Crippen LogP contribution in [0.4, 0.5) is 17.1 Å². The van der Waals surface area contributed by atoms with E-state index in [2.05, 4.69) is 0 Å². The highest BCUT2D eigenvalue weighted by Crippen LogP contribution is 2.07. The summed E-state index contributed by atoms with van der Waals surface area (Å²) in [5, 5.41) is 0. The normalized spacial score (nSPS) is 9.82. The van der Waals surface area contributed by atoms with Crippen molar-refractivity contribution in [2.75, 3.05) is 17.2 Å². The van der Waals surface area contributed by atoms with Gasteiger partial charge >= 0.3 is 0 Å². The van der Waals surface area contributed by atoms with Crippen LogP contribution in [0.25, 0.3) is 0 Å². The molecule has 0 heterocycles. The van der Waals surface area contributed by atoms with Crippen molar-refractivity contribution in [3.8, 4) is 0 Å². The Kier molecular flexibility index (Phi) is 1.72. The van der Waals surface area contributed by atoms with Crippen LogP contribution in [0.5, 0.6) is 0 Å². The molecule has 0 aliphatic rings. The highest BCUT2D eigenvalue weighted by atomic mass is 14.7. The highest BCUT2D eigenvalue weighted by molar-refractivity contribution is 6.47. The molecule has 0 bridgehead atoms. The molecule has 0 aliphatic carbocycles. The van der Waals surface area contributed by atoms with Crippen LogP contribution in [-0.2, 0) is 0 Å². The van der Waals surface area contributed by atoms with Crippen molar-refractivity contribution in [3.63, 3.8) is 0 Å². The zero-order chi connectivity index (χ0) is 8.59. The van der Waals surface area contributed by atoms with Crippen molar-refractivity contribution in [1.29, 1.82) is 0 Å². The topological polar surface area (TPSA) is 78.1 Å². The maximum absolute atomic E-state index is 5.72. The second kappa shape index (κ2) is 2.42. The Morgan fingerprint density at radius 2 is 1.27 bits per heavy atom. The van der Waals surface area contributed by atoms with E-state index in [1.165, 1.54) is 0 Å². The Labute approximate surface area is 67.8 Å². The molecule has 0 atom stereocenters. The molecule has 0 unspecified atom stereocenters. The van der Waals surface area contributed by atoms with Gasteiger partial charge in [-0.05, 0) is 17.0 Å². The van der Waals surface area contributed by atoms with Crippen LogP contribution in [0.2, 0.25) is 0 Å². The Morgan fingerprint density at radius 3 is 1.64 bits per heavy atom. The van der Waals surface area contributed by atoms with Crippen LogP contribution < -0.4 is 28.1 Å². The molecule has 5 heteroatoms. The summed E-state index contributed by atoms with van der Waals surface area (Å²) in [6.07, 6.45) is 0. The van der Waals surface area contributed by atoms with Crippen molar-refractivity contribution < 1.29 is 0 Å². The van der Waals surface area contributed by atoms with Gasteiger partial charge in [0.25, 0.3) is 0 Å². The van der Waals surface area contributed by atoms with Gasteiger partial charge in [-0.3, -0.25) is 0 Å². The largest absolute Gasteiger partial charge is 0.400 e. The summed E-state index contributed by atoms with van der Waals surface area (Å²) < 4.78 is 0. The quantitative estimate of drug-likeness (QED) is 0.269. The number of nitrogen functional groups attached to an aromatic ring is 3. The summed E-state index contributed by atoms with van der Waals surface area (Å²) in [6, 6.07) is 1.74. The summed E-state index contributed by atoms with van der Waals surface area (Å²) >= 11 is 0. The van der Waals surface area contributed by atoms with E-state index in [1.807, 2.05) is 15.7 Å². The van der Waals surface area contributed by atoms with Gasteiger partial charge in [0, 0.05) is 17.1 Å². The molecule has 1 rings (SSSR count). The molecule has 0 saturated heterocycles. The summed E-state index contributed by atoms with van der Waals surface area (Å²) in [7, 11) is 3.77. The fraction of sp³-hybridized carbons (Fsp3) is 0. The Hall–Kier alpha value is -1.25. The predicted molar refractivity (Wildman–Crippen MR) is 56.0 cm³/mol. The lowest BCUT2D eigenvalue weighted by Gasteiger charge is -2.10. The van der Waals surface area contributed by atoms with Gasteiger partial charge < -0.3 is 17.2 Å². The van der Waals surface area contributed by atoms with E-state index in [-0.39, 0.29) is 0 Å². The maximum Gasteiger partial charge on any atom is 0.144 e. The Balaban J connectivity index is 3.46. The lowest BCUT2D eigenvalue weighted by atomic mass is 9.82. The number of hydrogen-bond donors (Lipinski definition) is 3. The smallest absolute Gasteiger partial charge is 0.144 e. The molecule has 0 fully saturated rings. The number of benzene rings is 1. The minimum atomic E-state index is 0.658. The molecular weight excluding hydrogens is 136 g/mol. The third kappa shape index (κ3) is 1.13. The van der Waals surface area contributed by atoms with E-state index in [0.29, 0.717) is 17.1 Å². The molecule has 56 valence electrons. The molecule has 1 aromatic rings. The van der Waals surface area contributed by atoms with E-state index >= 15 is 0 Å². The SMILES string of the molecule is Bc1c(N)cc(N)c(B)c1N. The molecule has 6 N–H and O–H groups in total. The molecule has 0 spiro atoms. The molecule has 11 heavy (non-hydrogen) atoms. The lowest BCUT2D eigenvalue weighted by molar-refractivity contribution is 1.73. The summed E-state index contributed by atoms with van der Waals surface area (Å²) in [6.45, 7) is 0. The van der Waals surface area contributed by atoms with Crippen LogP contribution in [0.1, 0.15) is 0 Å². The average molecular weight is 147 g/mol. The van der Waals surface area contributed by atoms with Gasteiger partial charge in [0.05, 0.1) is 0 Å². The predicted octanol–water partition coefficient (Wildman–Crippen LogP) is -3.05. The number of rotatable bonds is 0. The average Bonchev–Trinajstić information content (AvgIpc) is 1.97. The van der Waals surface area contributed by atoms with Crippen molar-refractivity contribution in [2.24, 2.45) is 0 Å². The van der Waals surface area contributed by atoms with Crippen molar-refractivity contribution >= 4 is 43.7 Å². The van der Waals surface area contributed by atoms with Crippen LogP contribution in [0.3, 0.4) is 0 Å². The molecular formula is C6H11B2N3. The van der Waals surface area contributed by atoms with Crippen molar-refractivity contribution in [1.82, 2.24) is 0 Å². The van der Waals surface area contributed by atoms with Crippen molar-refractivity contribution in [3.05, 3.63) is 6.07 Å².